The van der Waals surface area contributed by atoms with Gasteiger partial charge in [0.1, 0.15) is 0 Å². The Labute approximate surface area is 98.3 Å². The molecule has 0 aliphatic heterocycles. The van der Waals surface area contributed by atoms with E-state index in [9.17, 15) is 4.79 Å². The van der Waals surface area contributed by atoms with Gasteiger partial charge in [-0.15, -0.1) is 0 Å². The summed E-state index contributed by atoms with van der Waals surface area (Å²) in [6.07, 6.45) is 8.68. The number of ketones is 1. The van der Waals surface area contributed by atoms with Gasteiger partial charge in [0.05, 0.1) is 0 Å². The van der Waals surface area contributed by atoms with Crippen LogP contribution in [0.25, 0.3) is 0 Å². The van der Waals surface area contributed by atoms with Crippen LogP contribution in [-0.4, -0.2) is 5.78 Å². The quantitative estimate of drug-likeness (QED) is 0.605. The fraction of sp³-hybridized carbons (Fsp3) is 0.800. The Morgan fingerprint density at radius 3 is 2.81 bits per heavy atom. The van der Waals surface area contributed by atoms with Gasteiger partial charge in [0.15, 0.2) is 5.78 Å². The van der Waals surface area contributed by atoms with Crippen LogP contribution in [0.4, 0.5) is 0 Å². The maximum absolute atomic E-state index is 12.4. The van der Waals surface area contributed by atoms with E-state index in [-0.39, 0.29) is 5.41 Å². The van der Waals surface area contributed by atoms with Crippen molar-refractivity contribution in [2.75, 3.05) is 0 Å². The lowest BCUT2D eigenvalue weighted by Crippen LogP contribution is -2.47. The maximum Gasteiger partial charge on any atom is 0.164 e. The number of hydrogen-bond donors (Lipinski definition) is 0. The standard InChI is InChI=1S/C15H22O/c1-10-9-15-8-7-14(3,13(10)16)12(15)6-4-5-11(15)2/h9,11-12H,4-8H2,1-3H3. The lowest BCUT2D eigenvalue weighted by molar-refractivity contribution is -0.129. The van der Waals surface area contributed by atoms with Gasteiger partial charge in [-0.05, 0) is 55.4 Å². The van der Waals surface area contributed by atoms with E-state index in [1.54, 1.807) is 0 Å². The van der Waals surface area contributed by atoms with Crippen molar-refractivity contribution in [1.82, 2.24) is 0 Å². The Morgan fingerprint density at radius 1 is 1.31 bits per heavy atom. The zero-order chi connectivity index (χ0) is 11.6. The van der Waals surface area contributed by atoms with Gasteiger partial charge in [-0.1, -0.05) is 26.3 Å². The first-order chi connectivity index (χ1) is 7.51. The van der Waals surface area contributed by atoms with Crippen molar-refractivity contribution in [2.45, 2.75) is 52.9 Å². The Kier molecular flexibility index (Phi) is 1.98. The van der Waals surface area contributed by atoms with E-state index in [0.717, 1.165) is 17.9 Å². The summed E-state index contributed by atoms with van der Waals surface area (Å²) in [5, 5.41) is 0. The number of Topliss-reactive ketones (excluding diaryl/α,β-unsaturated/α-hetero) is 1. The molecule has 0 N–H and O–H groups in total. The molecule has 0 radical (unpaired) electrons. The summed E-state index contributed by atoms with van der Waals surface area (Å²) in [4.78, 5) is 12.4. The van der Waals surface area contributed by atoms with Crippen LogP contribution in [0.3, 0.4) is 0 Å². The van der Waals surface area contributed by atoms with Gasteiger partial charge in [0.25, 0.3) is 0 Å². The number of carbonyl (C=O) groups excluding carboxylic acids is 1. The molecule has 0 saturated heterocycles. The minimum Gasteiger partial charge on any atom is -0.294 e. The second-order valence-corrected chi connectivity index (χ2v) is 6.57. The summed E-state index contributed by atoms with van der Waals surface area (Å²) in [7, 11) is 0. The fourth-order valence-electron chi connectivity index (χ4n) is 5.00. The Morgan fingerprint density at radius 2 is 2.06 bits per heavy atom. The Balaban J connectivity index is 2.17. The second-order valence-electron chi connectivity index (χ2n) is 6.57. The average Bonchev–Trinajstić information content (AvgIpc) is 2.50. The van der Waals surface area contributed by atoms with E-state index in [0.29, 0.717) is 17.1 Å². The van der Waals surface area contributed by atoms with E-state index in [4.69, 9.17) is 0 Å². The summed E-state index contributed by atoms with van der Waals surface area (Å²) < 4.78 is 0. The average molecular weight is 218 g/mol. The topological polar surface area (TPSA) is 17.1 Å². The van der Waals surface area contributed by atoms with Gasteiger partial charge >= 0.3 is 0 Å². The van der Waals surface area contributed by atoms with Crippen molar-refractivity contribution in [3.63, 3.8) is 0 Å². The molecule has 1 heteroatoms. The van der Waals surface area contributed by atoms with Crippen molar-refractivity contribution >= 4 is 5.78 Å². The molecule has 16 heavy (non-hydrogen) atoms. The lowest BCUT2D eigenvalue weighted by Gasteiger charge is -2.50. The number of hydrogen-bond acceptors (Lipinski definition) is 1. The largest absolute Gasteiger partial charge is 0.294 e. The predicted molar refractivity (Wildman–Crippen MR) is 65.0 cm³/mol. The van der Waals surface area contributed by atoms with Crippen LogP contribution in [0.1, 0.15) is 52.9 Å². The number of carbonyl (C=O) groups is 1. The van der Waals surface area contributed by atoms with E-state index in [1.165, 1.54) is 25.7 Å². The summed E-state index contributed by atoms with van der Waals surface area (Å²) >= 11 is 0. The molecule has 0 spiro atoms. The first-order valence-corrected chi connectivity index (χ1v) is 6.75. The molecule has 0 heterocycles. The minimum absolute atomic E-state index is 0.0203. The molecule has 3 aliphatic rings. The van der Waals surface area contributed by atoms with Crippen LogP contribution in [0.15, 0.2) is 11.6 Å². The smallest absolute Gasteiger partial charge is 0.164 e. The number of allylic oxidation sites excluding steroid dienone is 2. The highest BCUT2D eigenvalue weighted by Gasteiger charge is 2.62. The van der Waals surface area contributed by atoms with Crippen LogP contribution in [-0.2, 0) is 4.79 Å². The van der Waals surface area contributed by atoms with Crippen LogP contribution in [0, 0.1) is 22.7 Å². The summed E-state index contributed by atoms with van der Waals surface area (Å²) in [6.45, 7) is 6.67. The van der Waals surface area contributed by atoms with E-state index >= 15 is 0 Å². The SMILES string of the molecule is CC1=CC23CCC(C)(C1=O)C2CCCC3C. The third kappa shape index (κ3) is 1.00. The van der Waals surface area contributed by atoms with Gasteiger partial charge in [-0.2, -0.15) is 0 Å². The Hall–Kier alpha value is -0.590. The number of rotatable bonds is 0. The van der Waals surface area contributed by atoms with Crippen LogP contribution < -0.4 is 0 Å². The van der Waals surface area contributed by atoms with Crippen LogP contribution in [0.2, 0.25) is 0 Å². The summed E-state index contributed by atoms with van der Waals surface area (Å²) in [5.74, 6) is 1.86. The van der Waals surface area contributed by atoms with E-state index in [2.05, 4.69) is 19.9 Å². The van der Waals surface area contributed by atoms with Gasteiger partial charge in [-0.3, -0.25) is 4.79 Å². The van der Waals surface area contributed by atoms with Gasteiger partial charge in [0, 0.05) is 5.41 Å². The summed E-state index contributed by atoms with van der Waals surface area (Å²) in [6, 6.07) is 0. The summed E-state index contributed by atoms with van der Waals surface area (Å²) in [5.41, 5.74) is 1.41. The predicted octanol–water partition coefficient (Wildman–Crippen LogP) is 3.74. The molecule has 2 fully saturated rings. The zero-order valence-electron chi connectivity index (χ0n) is 10.7. The molecule has 0 aromatic heterocycles. The third-order valence-corrected chi connectivity index (χ3v) is 5.90. The highest BCUT2D eigenvalue weighted by Crippen LogP contribution is 2.66. The zero-order valence-corrected chi connectivity index (χ0v) is 10.7. The first kappa shape index (κ1) is 10.6. The lowest BCUT2D eigenvalue weighted by atomic mass is 9.53. The van der Waals surface area contributed by atoms with E-state index in [1.807, 2.05) is 6.92 Å². The molecular formula is C15H22O. The molecule has 1 nitrogen and oxygen atoms in total. The molecule has 2 saturated carbocycles. The monoisotopic (exact) mass is 218 g/mol. The molecule has 2 bridgehead atoms. The van der Waals surface area contributed by atoms with Crippen molar-refractivity contribution in [2.24, 2.45) is 22.7 Å². The first-order valence-electron chi connectivity index (χ1n) is 6.75. The van der Waals surface area contributed by atoms with Crippen molar-refractivity contribution in [3.8, 4) is 0 Å². The highest BCUT2D eigenvalue weighted by molar-refractivity contribution is 6.01. The third-order valence-electron chi connectivity index (χ3n) is 5.90. The van der Waals surface area contributed by atoms with Gasteiger partial charge < -0.3 is 0 Å². The molecule has 3 rings (SSSR count). The van der Waals surface area contributed by atoms with Crippen molar-refractivity contribution in [3.05, 3.63) is 11.6 Å². The Bertz CT molecular complexity index is 381. The van der Waals surface area contributed by atoms with Crippen LogP contribution in [0.5, 0.6) is 0 Å². The second kappa shape index (κ2) is 3.00. The maximum atomic E-state index is 12.4. The fourth-order valence-corrected chi connectivity index (χ4v) is 5.00. The molecule has 88 valence electrons. The minimum atomic E-state index is -0.0203. The molecule has 4 unspecified atom stereocenters. The highest BCUT2D eigenvalue weighted by atomic mass is 16.1. The molecule has 4 atom stereocenters. The van der Waals surface area contributed by atoms with Gasteiger partial charge in [-0.25, -0.2) is 0 Å². The molecule has 0 amide bonds. The van der Waals surface area contributed by atoms with Crippen molar-refractivity contribution < 1.29 is 4.79 Å². The van der Waals surface area contributed by atoms with Crippen molar-refractivity contribution in [1.29, 1.82) is 0 Å². The van der Waals surface area contributed by atoms with Gasteiger partial charge in [0.2, 0.25) is 0 Å². The normalized spacial score (nSPS) is 51.2. The molecule has 0 aromatic carbocycles. The molecule has 0 aromatic rings. The molecule has 3 aliphatic carbocycles. The molecular weight excluding hydrogens is 196 g/mol. The van der Waals surface area contributed by atoms with Crippen LogP contribution >= 0.6 is 0 Å². The van der Waals surface area contributed by atoms with E-state index < -0.39 is 0 Å².